The number of nitrogens with zero attached hydrogens (tertiary/aromatic N) is 2. The van der Waals surface area contributed by atoms with Gasteiger partial charge >= 0.3 is 0 Å². The van der Waals surface area contributed by atoms with Gasteiger partial charge in [0.25, 0.3) is 5.91 Å². The average molecular weight is 277 g/mol. The summed E-state index contributed by atoms with van der Waals surface area (Å²) >= 11 is 1.57. The van der Waals surface area contributed by atoms with Crippen molar-refractivity contribution in [2.45, 2.75) is 39.8 Å². The molecule has 0 spiro atoms. The first-order chi connectivity index (χ1) is 8.99. The molecular weight excluding hydrogens is 258 g/mol. The van der Waals surface area contributed by atoms with E-state index in [4.69, 9.17) is 0 Å². The SMILES string of the molecule is Cc1csc([C@@H](C)NC(=O)c2cccn2C(C)C)n1. The molecule has 2 aromatic heterocycles. The molecule has 0 aromatic carbocycles. The normalized spacial score (nSPS) is 12.7. The lowest BCUT2D eigenvalue weighted by Gasteiger charge is -2.15. The first-order valence-electron chi connectivity index (χ1n) is 6.38. The van der Waals surface area contributed by atoms with Crippen LogP contribution in [0.3, 0.4) is 0 Å². The Kier molecular flexibility index (Phi) is 4.04. The molecule has 0 saturated carbocycles. The van der Waals surface area contributed by atoms with Crippen molar-refractivity contribution in [3.8, 4) is 0 Å². The van der Waals surface area contributed by atoms with Crippen LogP contribution in [0.4, 0.5) is 0 Å². The number of hydrogen-bond donors (Lipinski definition) is 1. The quantitative estimate of drug-likeness (QED) is 0.932. The number of nitrogens with one attached hydrogen (secondary N) is 1. The molecule has 1 N–H and O–H groups in total. The van der Waals surface area contributed by atoms with Crippen molar-refractivity contribution in [1.82, 2.24) is 14.9 Å². The van der Waals surface area contributed by atoms with E-state index in [-0.39, 0.29) is 18.0 Å². The third kappa shape index (κ3) is 3.04. The molecule has 0 saturated heterocycles. The molecule has 2 rings (SSSR count). The van der Waals surface area contributed by atoms with E-state index < -0.39 is 0 Å². The maximum absolute atomic E-state index is 12.3. The fraction of sp³-hybridized carbons (Fsp3) is 0.429. The zero-order valence-corrected chi connectivity index (χ0v) is 12.5. The molecule has 2 aromatic rings. The molecule has 4 nitrogen and oxygen atoms in total. The summed E-state index contributed by atoms with van der Waals surface area (Å²) < 4.78 is 1.97. The van der Waals surface area contributed by atoms with Crippen LogP contribution in [-0.4, -0.2) is 15.5 Å². The van der Waals surface area contributed by atoms with Crippen molar-refractivity contribution < 1.29 is 4.79 Å². The van der Waals surface area contributed by atoms with Crippen LogP contribution in [0.5, 0.6) is 0 Å². The fourth-order valence-electron chi connectivity index (χ4n) is 1.94. The first-order valence-corrected chi connectivity index (χ1v) is 7.26. The van der Waals surface area contributed by atoms with Gasteiger partial charge in [0.15, 0.2) is 0 Å². The number of rotatable bonds is 4. The molecule has 0 aliphatic rings. The van der Waals surface area contributed by atoms with Gasteiger partial charge in [0.1, 0.15) is 10.7 Å². The average Bonchev–Trinajstić information content (AvgIpc) is 2.96. The van der Waals surface area contributed by atoms with Gasteiger partial charge in [-0.3, -0.25) is 4.79 Å². The summed E-state index contributed by atoms with van der Waals surface area (Å²) in [7, 11) is 0. The molecule has 0 bridgehead atoms. The van der Waals surface area contributed by atoms with E-state index in [1.54, 1.807) is 11.3 Å². The number of thiazole rings is 1. The van der Waals surface area contributed by atoms with Gasteiger partial charge in [-0.15, -0.1) is 11.3 Å². The molecule has 102 valence electrons. The van der Waals surface area contributed by atoms with Crippen molar-refractivity contribution in [1.29, 1.82) is 0 Å². The number of amides is 1. The third-order valence-electron chi connectivity index (χ3n) is 2.92. The molecule has 0 radical (unpaired) electrons. The highest BCUT2D eigenvalue weighted by Crippen LogP contribution is 2.18. The second-order valence-corrected chi connectivity index (χ2v) is 5.81. The van der Waals surface area contributed by atoms with Crippen molar-refractivity contribution in [2.75, 3.05) is 0 Å². The second kappa shape index (κ2) is 5.57. The Morgan fingerprint density at radius 1 is 1.42 bits per heavy atom. The third-order valence-corrected chi connectivity index (χ3v) is 4.07. The van der Waals surface area contributed by atoms with E-state index >= 15 is 0 Å². The van der Waals surface area contributed by atoms with Crippen LogP contribution in [0.1, 0.15) is 54.0 Å². The Hall–Kier alpha value is -1.62. The predicted octanol–water partition coefficient (Wildman–Crippen LogP) is 3.32. The van der Waals surface area contributed by atoms with E-state index in [9.17, 15) is 4.79 Å². The van der Waals surface area contributed by atoms with E-state index in [0.717, 1.165) is 10.7 Å². The Bertz CT molecular complexity index is 571. The minimum absolute atomic E-state index is 0.0564. The van der Waals surface area contributed by atoms with E-state index in [2.05, 4.69) is 24.1 Å². The lowest BCUT2D eigenvalue weighted by molar-refractivity contribution is 0.0929. The predicted molar refractivity (Wildman–Crippen MR) is 77.5 cm³/mol. The molecular formula is C14H19N3OS. The summed E-state index contributed by atoms with van der Waals surface area (Å²) in [6, 6.07) is 3.94. The van der Waals surface area contributed by atoms with E-state index in [0.29, 0.717) is 5.69 Å². The van der Waals surface area contributed by atoms with Crippen LogP contribution in [0.15, 0.2) is 23.7 Å². The van der Waals surface area contributed by atoms with E-state index in [1.807, 2.05) is 42.1 Å². The lowest BCUT2D eigenvalue weighted by atomic mass is 10.3. The van der Waals surface area contributed by atoms with Crippen LogP contribution in [0.2, 0.25) is 0 Å². The van der Waals surface area contributed by atoms with Gasteiger partial charge < -0.3 is 9.88 Å². The summed E-state index contributed by atoms with van der Waals surface area (Å²) in [4.78, 5) is 16.7. The van der Waals surface area contributed by atoms with Crippen LogP contribution < -0.4 is 5.32 Å². The zero-order valence-electron chi connectivity index (χ0n) is 11.7. The molecule has 1 amide bonds. The van der Waals surface area contributed by atoms with Crippen LogP contribution in [0.25, 0.3) is 0 Å². The molecule has 19 heavy (non-hydrogen) atoms. The van der Waals surface area contributed by atoms with Crippen molar-refractivity contribution >= 4 is 17.2 Å². The summed E-state index contributed by atoms with van der Waals surface area (Å²) in [5.41, 5.74) is 1.68. The standard InChI is InChI=1S/C14H19N3OS/c1-9(2)17-7-5-6-12(17)13(18)16-11(4)14-15-10(3)8-19-14/h5-9,11H,1-4H3,(H,16,18)/t11-/m1/s1. The number of hydrogen-bond acceptors (Lipinski definition) is 3. The second-order valence-electron chi connectivity index (χ2n) is 4.92. The largest absolute Gasteiger partial charge is 0.342 e. The summed E-state index contributed by atoms with van der Waals surface area (Å²) in [5, 5.41) is 5.93. The Balaban J connectivity index is 2.10. The van der Waals surface area contributed by atoms with Gasteiger partial charge in [-0.05, 0) is 39.8 Å². The molecule has 5 heteroatoms. The van der Waals surface area contributed by atoms with Crippen LogP contribution in [0, 0.1) is 6.92 Å². The summed E-state index contributed by atoms with van der Waals surface area (Å²) in [6.07, 6.45) is 1.93. The summed E-state index contributed by atoms with van der Waals surface area (Å²) in [5.74, 6) is -0.0564. The molecule has 0 unspecified atom stereocenters. The highest BCUT2D eigenvalue weighted by Gasteiger charge is 2.17. The van der Waals surface area contributed by atoms with Crippen molar-refractivity contribution in [3.63, 3.8) is 0 Å². The first kappa shape index (κ1) is 13.8. The Morgan fingerprint density at radius 3 is 2.74 bits per heavy atom. The van der Waals surface area contributed by atoms with Crippen LogP contribution >= 0.6 is 11.3 Å². The Morgan fingerprint density at radius 2 is 2.16 bits per heavy atom. The maximum atomic E-state index is 12.3. The van der Waals surface area contributed by atoms with Gasteiger partial charge in [0.05, 0.1) is 6.04 Å². The monoisotopic (exact) mass is 277 g/mol. The topological polar surface area (TPSA) is 46.9 Å². The van der Waals surface area contributed by atoms with Gasteiger partial charge in [-0.25, -0.2) is 4.98 Å². The molecule has 1 atom stereocenters. The number of aromatic nitrogens is 2. The van der Waals surface area contributed by atoms with Gasteiger partial charge in [-0.2, -0.15) is 0 Å². The highest BCUT2D eigenvalue weighted by atomic mass is 32.1. The van der Waals surface area contributed by atoms with Gasteiger partial charge in [-0.1, -0.05) is 0 Å². The minimum atomic E-state index is -0.0679. The number of carbonyl (C=O) groups is 1. The molecule has 2 heterocycles. The highest BCUT2D eigenvalue weighted by molar-refractivity contribution is 7.09. The molecule has 0 fully saturated rings. The number of carbonyl (C=O) groups excluding carboxylic acids is 1. The van der Waals surface area contributed by atoms with Gasteiger partial charge in [0, 0.05) is 23.3 Å². The van der Waals surface area contributed by atoms with Crippen molar-refractivity contribution in [3.05, 3.63) is 40.1 Å². The zero-order chi connectivity index (χ0) is 14.0. The van der Waals surface area contributed by atoms with Gasteiger partial charge in [0.2, 0.25) is 0 Å². The maximum Gasteiger partial charge on any atom is 0.268 e. The van der Waals surface area contributed by atoms with Crippen LogP contribution in [-0.2, 0) is 0 Å². The fourth-order valence-corrected chi connectivity index (χ4v) is 2.74. The van der Waals surface area contributed by atoms with Crippen molar-refractivity contribution in [2.24, 2.45) is 0 Å². The summed E-state index contributed by atoms with van der Waals surface area (Å²) in [6.45, 7) is 8.03. The number of aryl methyl sites for hydroxylation is 1. The Labute approximate surface area is 117 Å². The minimum Gasteiger partial charge on any atom is -0.342 e. The molecule has 0 aliphatic carbocycles. The van der Waals surface area contributed by atoms with E-state index in [1.165, 1.54) is 0 Å². The smallest absolute Gasteiger partial charge is 0.268 e. The molecule has 0 aliphatic heterocycles. The lowest BCUT2D eigenvalue weighted by Crippen LogP contribution is -2.28.